The summed E-state index contributed by atoms with van der Waals surface area (Å²) in [5.41, 5.74) is 3.51. The van der Waals surface area contributed by atoms with Gasteiger partial charge in [0, 0.05) is 0 Å². The van der Waals surface area contributed by atoms with Crippen LogP contribution in [0.1, 0.15) is 15.9 Å². The SMILES string of the molecule is COC(=O)c1c(C)cccc1-c1ccccc1. The Kier molecular flexibility index (Phi) is 3.24. The van der Waals surface area contributed by atoms with E-state index in [2.05, 4.69) is 0 Å². The molecule has 0 amide bonds. The third kappa shape index (κ3) is 2.21. The fourth-order valence-electron chi connectivity index (χ4n) is 1.90. The predicted molar refractivity (Wildman–Crippen MR) is 68.0 cm³/mol. The number of carbonyl (C=O) groups is 1. The molecule has 0 aliphatic carbocycles. The Morgan fingerprint density at radius 2 is 1.71 bits per heavy atom. The summed E-state index contributed by atoms with van der Waals surface area (Å²) in [6.45, 7) is 1.92. The highest BCUT2D eigenvalue weighted by Gasteiger charge is 2.15. The Hall–Kier alpha value is -2.09. The first kappa shape index (κ1) is 11.4. The van der Waals surface area contributed by atoms with E-state index in [1.54, 1.807) is 0 Å². The number of esters is 1. The zero-order valence-corrected chi connectivity index (χ0v) is 9.94. The molecule has 2 aromatic rings. The van der Waals surface area contributed by atoms with Gasteiger partial charge in [0.25, 0.3) is 0 Å². The van der Waals surface area contributed by atoms with Crippen LogP contribution in [0.5, 0.6) is 0 Å². The first-order valence-corrected chi connectivity index (χ1v) is 5.47. The zero-order valence-electron chi connectivity index (χ0n) is 9.94. The molecule has 2 nitrogen and oxygen atoms in total. The molecule has 2 heteroatoms. The molecule has 0 aliphatic rings. The summed E-state index contributed by atoms with van der Waals surface area (Å²) in [7, 11) is 1.41. The summed E-state index contributed by atoms with van der Waals surface area (Å²) < 4.78 is 4.84. The normalized spacial score (nSPS) is 10.0. The number of methoxy groups -OCH3 is 1. The first-order valence-electron chi connectivity index (χ1n) is 5.47. The van der Waals surface area contributed by atoms with E-state index in [0.717, 1.165) is 16.7 Å². The Labute approximate surface area is 101 Å². The molecular formula is C15H14O2. The second kappa shape index (κ2) is 4.83. The summed E-state index contributed by atoms with van der Waals surface area (Å²) in [5.74, 6) is -0.290. The Balaban J connectivity index is 2.62. The summed E-state index contributed by atoms with van der Waals surface area (Å²) in [5, 5.41) is 0. The van der Waals surface area contributed by atoms with Crippen molar-refractivity contribution in [1.29, 1.82) is 0 Å². The van der Waals surface area contributed by atoms with Crippen LogP contribution in [0.15, 0.2) is 48.5 Å². The molecule has 0 saturated heterocycles. The number of aryl methyl sites for hydroxylation is 1. The lowest BCUT2D eigenvalue weighted by molar-refractivity contribution is 0.0601. The van der Waals surface area contributed by atoms with Gasteiger partial charge in [-0.15, -0.1) is 0 Å². The van der Waals surface area contributed by atoms with E-state index in [1.165, 1.54) is 7.11 Å². The van der Waals surface area contributed by atoms with Crippen molar-refractivity contribution in [3.05, 3.63) is 59.7 Å². The lowest BCUT2D eigenvalue weighted by atomic mass is 9.96. The Bertz CT molecular complexity index is 530. The number of rotatable bonds is 2. The molecule has 0 fully saturated rings. The van der Waals surface area contributed by atoms with Crippen molar-refractivity contribution in [2.45, 2.75) is 6.92 Å². The van der Waals surface area contributed by atoms with Gasteiger partial charge < -0.3 is 4.74 Å². The molecule has 17 heavy (non-hydrogen) atoms. The highest BCUT2D eigenvalue weighted by Crippen LogP contribution is 2.26. The minimum Gasteiger partial charge on any atom is -0.465 e. The van der Waals surface area contributed by atoms with Crippen molar-refractivity contribution in [2.24, 2.45) is 0 Å². The number of hydrogen-bond acceptors (Lipinski definition) is 2. The van der Waals surface area contributed by atoms with Gasteiger partial charge in [-0.2, -0.15) is 0 Å². The summed E-state index contributed by atoms with van der Waals surface area (Å²) in [6, 6.07) is 15.6. The van der Waals surface area contributed by atoms with Crippen molar-refractivity contribution in [2.75, 3.05) is 7.11 Å². The molecule has 0 unspecified atom stereocenters. The summed E-state index contributed by atoms with van der Waals surface area (Å²) in [6.07, 6.45) is 0. The van der Waals surface area contributed by atoms with E-state index in [4.69, 9.17) is 4.74 Å². The maximum absolute atomic E-state index is 11.8. The lowest BCUT2D eigenvalue weighted by Crippen LogP contribution is -2.06. The van der Waals surface area contributed by atoms with Gasteiger partial charge in [0.15, 0.2) is 0 Å². The van der Waals surface area contributed by atoms with Gasteiger partial charge in [0.05, 0.1) is 12.7 Å². The number of ether oxygens (including phenoxy) is 1. The van der Waals surface area contributed by atoms with E-state index >= 15 is 0 Å². The van der Waals surface area contributed by atoms with Gasteiger partial charge in [-0.25, -0.2) is 4.79 Å². The molecule has 0 atom stereocenters. The van der Waals surface area contributed by atoms with Gasteiger partial charge >= 0.3 is 5.97 Å². The fourth-order valence-corrected chi connectivity index (χ4v) is 1.90. The predicted octanol–water partition coefficient (Wildman–Crippen LogP) is 3.45. The Morgan fingerprint density at radius 1 is 1.00 bits per heavy atom. The molecule has 0 bridgehead atoms. The molecule has 2 aromatic carbocycles. The lowest BCUT2D eigenvalue weighted by Gasteiger charge is -2.10. The van der Waals surface area contributed by atoms with Gasteiger partial charge in [0.2, 0.25) is 0 Å². The van der Waals surface area contributed by atoms with E-state index < -0.39 is 0 Å². The maximum Gasteiger partial charge on any atom is 0.338 e. The Morgan fingerprint density at radius 3 is 2.35 bits per heavy atom. The van der Waals surface area contributed by atoms with Crippen molar-refractivity contribution in [1.82, 2.24) is 0 Å². The molecule has 0 N–H and O–H groups in total. The van der Waals surface area contributed by atoms with E-state index in [0.29, 0.717) is 5.56 Å². The van der Waals surface area contributed by atoms with Gasteiger partial charge in [-0.3, -0.25) is 0 Å². The molecule has 2 rings (SSSR count). The van der Waals surface area contributed by atoms with Crippen LogP contribution in [0.2, 0.25) is 0 Å². The highest BCUT2D eigenvalue weighted by atomic mass is 16.5. The third-order valence-corrected chi connectivity index (χ3v) is 2.75. The smallest absolute Gasteiger partial charge is 0.338 e. The quantitative estimate of drug-likeness (QED) is 0.733. The van der Waals surface area contributed by atoms with Crippen LogP contribution in [-0.2, 0) is 4.74 Å². The third-order valence-electron chi connectivity index (χ3n) is 2.75. The molecule has 0 heterocycles. The molecule has 0 aliphatic heterocycles. The second-order valence-corrected chi connectivity index (χ2v) is 3.86. The van der Waals surface area contributed by atoms with Crippen molar-refractivity contribution in [3.63, 3.8) is 0 Å². The highest BCUT2D eigenvalue weighted by molar-refractivity contribution is 5.98. The minimum absolute atomic E-state index is 0.290. The second-order valence-electron chi connectivity index (χ2n) is 3.86. The van der Waals surface area contributed by atoms with Crippen molar-refractivity contribution >= 4 is 5.97 Å². The molecule has 0 spiro atoms. The fraction of sp³-hybridized carbons (Fsp3) is 0.133. The van der Waals surface area contributed by atoms with Crippen LogP contribution >= 0.6 is 0 Å². The standard InChI is InChI=1S/C15H14O2/c1-11-7-6-10-13(14(11)15(16)17-2)12-8-4-3-5-9-12/h3-10H,1-2H3. The summed E-state index contributed by atoms with van der Waals surface area (Å²) in [4.78, 5) is 11.8. The number of benzene rings is 2. The zero-order chi connectivity index (χ0) is 12.3. The van der Waals surface area contributed by atoms with E-state index in [9.17, 15) is 4.79 Å². The molecule has 86 valence electrons. The van der Waals surface area contributed by atoms with Crippen LogP contribution in [0.3, 0.4) is 0 Å². The van der Waals surface area contributed by atoms with Crippen LogP contribution in [-0.4, -0.2) is 13.1 Å². The van der Waals surface area contributed by atoms with Crippen molar-refractivity contribution < 1.29 is 9.53 Å². The van der Waals surface area contributed by atoms with Crippen LogP contribution in [0, 0.1) is 6.92 Å². The number of carbonyl (C=O) groups excluding carboxylic acids is 1. The van der Waals surface area contributed by atoms with Gasteiger partial charge in [-0.05, 0) is 23.6 Å². The maximum atomic E-state index is 11.8. The minimum atomic E-state index is -0.290. The molecule has 0 saturated carbocycles. The van der Waals surface area contributed by atoms with Crippen LogP contribution < -0.4 is 0 Å². The van der Waals surface area contributed by atoms with Crippen molar-refractivity contribution in [3.8, 4) is 11.1 Å². The van der Waals surface area contributed by atoms with Gasteiger partial charge in [-0.1, -0.05) is 48.5 Å². The van der Waals surface area contributed by atoms with E-state index in [1.807, 2.05) is 55.5 Å². The average Bonchev–Trinajstić information content (AvgIpc) is 2.38. The monoisotopic (exact) mass is 226 g/mol. The molecule has 0 radical (unpaired) electrons. The molecule has 0 aromatic heterocycles. The molecular weight excluding hydrogens is 212 g/mol. The van der Waals surface area contributed by atoms with Crippen LogP contribution in [0.25, 0.3) is 11.1 Å². The van der Waals surface area contributed by atoms with E-state index in [-0.39, 0.29) is 5.97 Å². The number of hydrogen-bond donors (Lipinski definition) is 0. The summed E-state index contributed by atoms with van der Waals surface area (Å²) >= 11 is 0. The van der Waals surface area contributed by atoms with Crippen LogP contribution in [0.4, 0.5) is 0 Å². The average molecular weight is 226 g/mol. The van der Waals surface area contributed by atoms with Gasteiger partial charge in [0.1, 0.15) is 0 Å². The topological polar surface area (TPSA) is 26.3 Å². The first-order chi connectivity index (χ1) is 8.24. The largest absolute Gasteiger partial charge is 0.465 e.